The van der Waals surface area contributed by atoms with Crippen LogP contribution in [0.2, 0.25) is 0 Å². The third-order valence-corrected chi connectivity index (χ3v) is 5.19. The van der Waals surface area contributed by atoms with Crippen LogP contribution in [0, 0.1) is 5.92 Å². The third-order valence-electron chi connectivity index (χ3n) is 4.11. The smallest absolute Gasteiger partial charge is 0.209 e. The zero-order chi connectivity index (χ0) is 13.1. The first-order chi connectivity index (χ1) is 9.34. The summed E-state index contributed by atoms with van der Waals surface area (Å²) in [5, 5.41) is 13.0. The van der Waals surface area contributed by atoms with Gasteiger partial charge in [-0.15, -0.1) is 5.10 Å². The molecule has 2 aliphatic rings. The second kappa shape index (κ2) is 6.19. The van der Waals surface area contributed by atoms with Crippen LogP contribution in [0.5, 0.6) is 0 Å². The number of rotatable bonds is 5. The number of ether oxygens (including phenoxy) is 1. The Bertz CT molecular complexity index is 401. The molecule has 19 heavy (non-hydrogen) atoms. The molecule has 2 N–H and O–H groups in total. The van der Waals surface area contributed by atoms with Crippen LogP contribution in [0.3, 0.4) is 0 Å². The van der Waals surface area contributed by atoms with Gasteiger partial charge in [0.2, 0.25) is 5.16 Å². The van der Waals surface area contributed by atoms with E-state index < -0.39 is 0 Å². The Hall–Kier alpha value is -0.660. The molecule has 1 aromatic heterocycles. The molecule has 7 heteroatoms. The van der Waals surface area contributed by atoms with Crippen molar-refractivity contribution in [1.29, 1.82) is 0 Å². The molecular weight excluding hydrogens is 262 g/mol. The van der Waals surface area contributed by atoms with E-state index in [4.69, 9.17) is 10.5 Å². The molecule has 1 aliphatic carbocycles. The van der Waals surface area contributed by atoms with E-state index in [1.807, 2.05) is 4.68 Å². The molecule has 2 atom stereocenters. The summed E-state index contributed by atoms with van der Waals surface area (Å²) in [4.78, 5) is 0. The second-order valence-corrected chi connectivity index (χ2v) is 6.43. The van der Waals surface area contributed by atoms with Gasteiger partial charge in [-0.05, 0) is 29.7 Å². The highest BCUT2D eigenvalue weighted by Crippen LogP contribution is 2.31. The number of hydrogen-bond acceptors (Lipinski definition) is 6. The maximum atomic E-state index is 6.22. The monoisotopic (exact) mass is 283 g/mol. The van der Waals surface area contributed by atoms with Crippen LogP contribution in [0.25, 0.3) is 0 Å². The van der Waals surface area contributed by atoms with E-state index in [2.05, 4.69) is 15.5 Å². The molecule has 2 fully saturated rings. The van der Waals surface area contributed by atoms with E-state index in [9.17, 15) is 0 Å². The summed E-state index contributed by atoms with van der Waals surface area (Å²) < 4.78 is 7.38. The lowest BCUT2D eigenvalue weighted by Crippen LogP contribution is -2.32. The second-order valence-electron chi connectivity index (χ2n) is 5.44. The predicted molar refractivity (Wildman–Crippen MR) is 72.9 cm³/mol. The first-order valence-electron chi connectivity index (χ1n) is 7.08. The third kappa shape index (κ3) is 3.09. The van der Waals surface area contributed by atoms with Crippen molar-refractivity contribution in [3.63, 3.8) is 0 Å². The van der Waals surface area contributed by atoms with Gasteiger partial charge in [0.15, 0.2) is 0 Å². The van der Waals surface area contributed by atoms with Gasteiger partial charge in [0.25, 0.3) is 0 Å². The van der Waals surface area contributed by atoms with Gasteiger partial charge in [0.05, 0.1) is 12.6 Å². The highest BCUT2D eigenvalue weighted by molar-refractivity contribution is 7.99. The van der Waals surface area contributed by atoms with Gasteiger partial charge in [0.1, 0.15) is 0 Å². The summed E-state index contributed by atoms with van der Waals surface area (Å²) in [7, 11) is 0. The lowest BCUT2D eigenvalue weighted by Gasteiger charge is -2.17. The average molecular weight is 283 g/mol. The maximum Gasteiger partial charge on any atom is 0.209 e. The molecule has 0 amide bonds. The molecule has 1 saturated heterocycles. The highest BCUT2D eigenvalue weighted by Gasteiger charge is 2.25. The fourth-order valence-corrected chi connectivity index (χ4v) is 3.88. The topological polar surface area (TPSA) is 78.9 Å². The minimum absolute atomic E-state index is 0.168. The number of nitrogens with two attached hydrogens (primary N) is 1. The Morgan fingerprint density at radius 3 is 2.95 bits per heavy atom. The Morgan fingerprint density at radius 1 is 1.37 bits per heavy atom. The van der Waals surface area contributed by atoms with E-state index in [1.165, 1.54) is 25.7 Å². The first kappa shape index (κ1) is 13.3. The van der Waals surface area contributed by atoms with Crippen LogP contribution in [0.1, 0.15) is 38.1 Å². The number of tetrazole rings is 1. The van der Waals surface area contributed by atoms with Crippen molar-refractivity contribution in [2.75, 3.05) is 19.0 Å². The predicted octanol–water partition coefficient (Wildman–Crippen LogP) is 1.24. The van der Waals surface area contributed by atoms with Gasteiger partial charge in [-0.3, -0.25) is 0 Å². The van der Waals surface area contributed by atoms with E-state index in [-0.39, 0.29) is 6.04 Å². The fourth-order valence-electron chi connectivity index (χ4n) is 2.86. The van der Waals surface area contributed by atoms with Crippen molar-refractivity contribution >= 4 is 11.8 Å². The molecule has 0 aromatic carbocycles. The molecule has 106 valence electrons. The molecule has 2 heterocycles. The van der Waals surface area contributed by atoms with Gasteiger partial charge in [-0.25, -0.2) is 4.68 Å². The molecule has 1 saturated carbocycles. The fraction of sp³-hybridized carbons (Fsp3) is 0.917. The van der Waals surface area contributed by atoms with E-state index in [0.29, 0.717) is 12.0 Å². The largest absolute Gasteiger partial charge is 0.381 e. The summed E-state index contributed by atoms with van der Waals surface area (Å²) in [5.74, 6) is 1.35. The summed E-state index contributed by atoms with van der Waals surface area (Å²) >= 11 is 1.68. The van der Waals surface area contributed by atoms with Crippen molar-refractivity contribution < 1.29 is 4.74 Å². The number of nitrogens with zero attached hydrogens (tertiary/aromatic N) is 4. The van der Waals surface area contributed by atoms with Crippen LogP contribution >= 0.6 is 11.8 Å². The number of thioether (sulfide) groups is 1. The Morgan fingerprint density at radius 2 is 2.21 bits per heavy atom. The number of aromatic nitrogens is 4. The van der Waals surface area contributed by atoms with E-state index in [0.717, 1.165) is 30.5 Å². The van der Waals surface area contributed by atoms with Crippen LogP contribution in [-0.4, -0.2) is 45.2 Å². The molecular formula is C12H21N5OS. The average Bonchev–Trinajstić information content (AvgIpc) is 3.14. The van der Waals surface area contributed by atoms with Gasteiger partial charge in [-0.2, -0.15) is 0 Å². The van der Waals surface area contributed by atoms with Gasteiger partial charge in [-0.1, -0.05) is 24.6 Å². The molecule has 0 spiro atoms. The van der Waals surface area contributed by atoms with Crippen LogP contribution in [-0.2, 0) is 4.74 Å². The van der Waals surface area contributed by atoms with E-state index >= 15 is 0 Å². The van der Waals surface area contributed by atoms with Gasteiger partial charge in [0, 0.05) is 24.3 Å². The van der Waals surface area contributed by atoms with Gasteiger partial charge < -0.3 is 10.5 Å². The zero-order valence-corrected chi connectivity index (χ0v) is 11.9. The Kier molecular flexibility index (Phi) is 4.35. The summed E-state index contributed by atoms with van der Waals surface area (Å²) in [6, 6.07) is 0.657. The summed E-state index contributed by atoms with van der Waals surface area (Å²) in [6.45, 7) is 1.65. The van der Waals surface area contributed by atoms with Crippen LogP contribution < -0.4 is 5.73 Å². The van der Waals surface area contributed by atoms with Crippen molar-refractivity contribution in [1.82, 2.24) is 20.2 Å². The molecule has 1 aliphatic heterocycles. The molecule has 6 nitrogen and oxygen atoms in total. The Balaban J connectivity index is 1.56. The van der Waals surface area contributed by atoms with Crippen molar-refractivity contribution in [3.05, 3.63) is 0 Å². The SMILES string of the molecule is NC(CSc1nnnn1C1CCCC1)C1CCOC1. The zero-order valence-electron chi connectivity index (χ0n) is 11.1. The minimum atomic E-state index is 0.168. The van der Waals surface area contributed by atoms with Crippen molar-refractivity contribution in [2.24, 2.45) is 11.7 Å². The lowest BCUT2D eigenvalue weighted by atomic mass is 10.0. The normalized spacial score (nSPS) is 26.1. The van der Waals surface area contributed by atoms with Crippen molar-refractivity contribution in [2.45, 2.75) is 49.3 Å². The molecule has 2 unspecified atom stereocenters. The van der Waals surface area contributed by atoms with E-state index in [1.54, 1.807) is 11.8 Å². The minimum Gasteiger partial charge on any atom is -0.381 e. The molecule has 1 aromatic rings. The number of hydrogen-bond donors (Lipinski definition) is 1. The lowest BCUT2D eigenvalue weighted by molar-refractivity contribution is 0.182. The highest BCUT2D eigenvalue weighted by atomic mass is 32.2. The quantitative estimate of drug-likeness (QED) is 0.819. The summed E-state index contributed by atoms with van der Waals surface area (Å²) in [6.07, 6.45) is 6.04. The van der Waals surface area contributed by atoms with Gasteiger partial charge >= 0.3 is 0 Å². The standard InChI is InChI=1S/C12H21N5OS/c13-11(9-5-6-18-7-9)8-19-12-14-15-16-17(12)10-3-1-2-4-10/h9-11H,1-8,13H2. The van der Waals surface area contributed by atoms with Crippen LogP contribution in [0.4, 0.5) is 0 Å². The maximum absolute atomic E-state index is 6.22. The van der Waals surface area contributed by atoms with Crippen LogP contribution in [0.15, 0.2) is 5.16 Å². The first-order valence-corrected chi connectivity index (χ1v) is 8.07. The molecule has 0 radical (unpaired) electrons. The molecule has 3 rings (SSSR count). The van der Waals surface area contributed by atoms with Crippen molar-refractivity contribution in [3.8, 4) is 0 Å². The Labute approximate surface area is 117 Å². The summed E-state index contributed by atoms with van der Waals surface area (Å²) in [5.41, 5.74) is 6.22. The molecule has 0 bridgehead atoms.